The van der Waals surface area contributed by atoms with Gasteiger partial charge in [-0.2, -0.15) is 0 Å². The van der Waals surface area contributed by atoms with Gasteiger partial charge in [0, 0.05) is 23.2 Å². The summed E-state index contributed by atoms with van der Waals surface area (Å²) in [6.45, 7) is 2.11. The number of carbonyl (C=O) groups is 1. The van der Waals surface area contributed by atoms with Crippen LogP contribution < -0.4 is 5.32 Å². The molecule has 1 aliphatic heterocycles. The van der Waals surface area contributed by atoms with Crippen molar-refractivity contribution >= 4 is 39.1 Å². The van der Waals surface area contributed by atoms with E-state index in [0.29, 0.717) is 11.6 Å². The van der Waals surface area contributed by atoms with Crippen molar-refractivity contribution in [3.8, 4) is 0 Å². The minimum atomic E-state index is 0.168. The highest BCUT2D eigenvalue weighted by molar-refractivity contribution is 9.10. The van der Waals surface area contributed by atoms with Crippen LogP contribution in [0.15, 0.2) is 22.7 Å². The Morgan fingerprint density at radius 3 is 2.58 bits per heavy atom. The molecule has 5 heteroatoms. The van der Waals surface area contributed by atoms with E-state index in [1.54, 1.807) is 0 Å². The summed E-state index contributed by atoms with van der Waals surface area (Å²) >= 11 is 9.36. The number of amides is 1. The van der Waals surface area contributed by atoms with E-state index < -0.39 is 0 Å². The number of hydrogen-bond acceptors (Lipinski definition) is 2. The molecule has 1 saturated heterocycles. The Labute approximate surface area is 127 Å². The number of rotatable bonds is 3. The Balaban J connectivity index is 1.86. The van der Waals surface area contributed by atoms with Gasteiger partial charge in [-0.3, -0.25) is 4.79 Å². The highest BCUT2D eigenvalue weighted by Gasteiger charge is 2.14. The number of hydrogen-bond donors (Lipinski definition) is 1. The van der Waals surface area contributed by atoms with E-state index in [4.69, 9.17) is 11.6 Å². The Bertz CT molecular complexity index is 445. The van der Waals surface area contributed by atoms with E-state index in [1.807, 2.05) is 23.1 Å². The predicted molar refractivity (Wildman–Crippen MR) is 82.7 cm³/mol. The fraction of sp³-hybridized carbons (Fsp3) is 0.500. The van der Waals surface area contributed by atoms with Gasteiger partial charge in [0.15, 0.2) is 0 Å². The molecule has 1 N–H and O–H groups in total. The maximum absolute atomic E-state index is 12.1. The van der Waals surface area contributed by atoms with Crippen molar-refractivity contribution in [2.75, 3.05) is 25.0 Å². The van der Waals surface area contributed by atoms with E-state index >= 15 is 0 Å². The highest BCUT2D eigenvalue weighted by atomic mass is 79.9. The quantitative estimate of drug-likeness (QED) is 0.900. The topological polar surface area (TPSA) is 32.3 Å². The van der Waals surface area contributed by atoms with Gasteiger partial charge < -0.3 is 10.2 Å². The molecule has 104 valence electrons. The van der Waals surface area contributed by atoms with Gasteiger partial charge in [0.2, 0.25) is 5.91 Å². The third kappa shape index (κ3) is 4.39. The van der Waals surface area contributed by atoms with Gasteiger partial charge in [-0.05, 0) is 47.0 Å². The van der Waals surface area contributed by atoms with Gasteiger partial charge in [0.25, 0.3) is 0 Å². The highest BCUT2D eigenvalue weighted by Crippen LogP contribution is 2.25. The summed E-state index contributed by atoms with van der Waals surface area (Å²) in [5, 5.41) is 3.78. The van der Waals surface area contributed by atoms with Crippen LogP contribution in [0.2, 0.25) is 5.02 Å². The number of carbonyl (C=O) groups excluding carboxylic acids is 1. The summed E-state index contributed by atoms with van der Waals surface area (Å²) in [5.41, 5.74) is 0.872. The summed E-state index contributed by atoms with van der Waals surface area (Å²) < 4.78 is 0.860. The lowest BCUT2D eigenvalue weighted by Crippen LogP contribution is -2.36. The molecule has 1 heterocycles. The molecule has 0 atom stereocenters. The van der Waals surface area contributed by atoms with Gasteiger partial charge in [0.1, 0.15) is 0 Å². The zero-order chi connectivity index (χ0) is 13.7. The number of halogens is 2. The van der Waals surface area contributed by atoms with Crippen LogP contribution in [0.4, 0.5) is 5.69 Å². The summed E-state index contributed by atoms with van der Waals surface area (Å²) in [7, 11) is 0. The molecule has 0 aliphatic carbocycles. The maximum atomic E-state index is 12.1. The number of nitrogens with one attached hydrogen (secondary N) is 1. The second kappa shape index (κ2) is 7.15. The van der Waals surface area contributed by atoms with Crippen molar-refractivity contribution in [2.24, 2.45) is 0 Å². The van der Waals surface area contributed by atoms with E-state index in [-0.39, 0.29) is 5.91 Å². The van der Waals surface area contributed by atoms with Crippen LogP contribution in [0, 0.1) is 0 Å². The molecule has 1 aromatic rings. The summed E-state index contributed by atoms with van der Waals surface area (Å²) in [6.07, 6.45) is 4.71. The van der Waals surface area contributed by atoms with Crippen molar-refractivity contribution in [1.29, 1.82) is 0 Å². The smallest absolute Gasteiger partial charge is 0.241 e. The van der Waals surface area contributed by atoms with Crippen LogP contribution in [0.5, 0.6) is 0 Å². The molecule has 1 amide bonds. The second-order valence-electron chi connectivity index (χ2n) is 4.78. The third-order valence-corrected chi connectivity index (χ3v) is 4.55. The molecule has 19 heavy (non-hydrogen) atoms. The first-order valence-corrected chi connectivity index (χ1v) is 7.80. The summed E-state index contributed by atoms with van der Waals surface area (Å²) in [5.74, 6) is 0.168. The van der Waals surface area contributed by atoms with Crippen LogP contribution in [-0.4, -0.2) is 30.4 Å². The fourth-order valence-corrected chi connectivity index (χ4v) is 2.64. The molecule has 0 saturated carbocycles. The van der Waals surface area contributed by atoms with E-state index in [9.17, 15) is 4.79 Å². The largest absolute Gasteiger partial charge is 0.376 e. The van der Waals surface area contributed by atoms with Crippen molar-refractivity contribution in [2.45, 2.75) is 25.7 Å². The minimum absolute atomic E-state index is 0.168. The monoisotopic (exact) mass is 344 g/mol. The fourth-order valence-electron chi connectivity index (χ4n) is 2.22. The normalized spacial score (nSPS) is 16.0. The second-order valence-corrected chi connectivity index (χ2v) is 6.04. The molecule has 3 nitrogen and oxygen atoms in total. The van der Waals surface area contributed by atoms with E-state index in [1.165, 1.54) is 12.8 Å². The summed E-state index contributed by atoms with van der Waals surface area (Å²) in [6, 6.07) is 5.61. The molecule has 2 rings (SSSR count). The van der Waals surface area contributed by atoms with E-state index in [2.05, 4.69) is 21.2 Å². The lowest BCUT2D eigenvalue weighted by atomic mass is 10.2. The molecule has 1 aliphatic rings. The SMILES string of the molecule is O=C(CNc1ccc(Br)c(Cl)c1)N1CCCCCC1. The lowest BCUT2D eigenvalue weighted by molar-refractivity contribution is -0.129. The maximum Gasteiger partial charge on any atom is 0.241 e. The molecular weight excluding hydrogens is 328 g/mol. The molecule has 1 aromatic carbocycles. The number of likely N-dealkylation sites (tertiary alicyclic amines) is 1. The van der Waals surface area contributed by atoms with Crippen molar-refractivity contribution in [3.63, 3.8) is 0 Å². The van der Waals surface area contributed by atoms with Gasteiger partial charge in [-0.1, -0.05) is 24.4 Å². The van der Waals surface area contributed by atoms with Crippen molar-refractivity contribution in [3.05, 3.63) is 27.7 Å². The minimum Gasteiger partial charge on any atom is -0.376 e. The van der Waals surface area contributed by atoms with Crippen LogP contribution in [-0.2, 0) is 4.79 Å². The van der Waals surface area contributed by atoms with Crippen LogP contribution >= 0.6 is 27.5 Å². The predicted octanol–water partition coefficient (Wildman–Crippen LogP) is 3.92. The Morgan fingerprint density at radius 2 is 1.95 bits per heavy atom. The molecule has 0 spiro atoms. The molecular formula is C14H18BrClN2O. The number of nitrogens with zero attached hydrogens (tertiary/aromatic N) is 1. The van der Waals surface area contributed by atoms with Crippen LogP contribution in [0.1, 0.15) is 25.7 Å². The Hall–Kier alpha value is -0.740. The molecule has 0 unspecified atom stereocenters. The van der Waals surface area contributed by atoms with Gasteiger partial charge >= 0.3 is 0 Å². The number of benzene rings is 1. The summed E-state index contributed by atoms with van der Waals surface area (Å²) in [4.78, 5) is 14.1. The molecule has 0 bridgehead atoms. The lowest BCUT2D eigenvalue weighted by Gasteiger charge is -2.20. The van der Waals surface area contributed by atoms with Crippen LogP contribution in [0.25, 0.3) is 0 Å². The zero-order valence-electron chi connectivity index (χ0n) is 10.8. The van der Waals surface area contributed by atoms with Crippen molar-refractivity contribution < 1.29 is 4.79 Å². The van der Waals surface area contributed by atoms with Gasteiger partial charge in [-0.25, -0.2) is 0 Å². The van der Waals surface area contributed by atoms with Gasteiger partial charge in [-0.15, -0.1) is 0 Å². The zero-order valence-corrected chi connectivity index (χ0v) is 13.1. The Morgan fingerprint density at radius 1 is 1.26 bits per heavy atom. The standard InChI is InChI=1S/C14H18BrClN2O/c15-12-6-5-11(9-13(12)16)17-10-14(19)18-7-3-1-2-4-8-18/h5-6,9,17H,1-4,7-8,10H2. The molecule has 1 fully saturated rings. The average Bonchev–Trinajstić information content (AvgIpc) is 2.69. The first kappa shape index (κ1) is 14.7. The third-order valence-electron chi connectivity index (χ3n) is 3.32. The first-order chi connectivity index (χ1) is 9.16. The average molecular weight is 346 g/mol. The van der Waals surface area contributed by atoms with Crippen molar-refractivity contribution in [1.82, 2.24) is 4.90 Å². The Kier molecular flexibility index (Phi) is 5.52. The first-order valence-electron chi connectivity index (χ1n) is 6.63. The molecule has 0 aromatic heterocycles. The number of anilines is 1. The van der Waals surface area contributed by atoms with E-state index in [0.717, 1.165) is 36.1 Å². The van der Waals surface area contributed by atoms with Gasteiger partial charge in [0.05, 0.1) is 11.6 Å². The molecule has 0 radical (unpaired) electrons. The van der Waals surface area contributed by atoms with Crippen LogP contribution in [0.3, 0.4) is 0 Å².